The van der Waals surface area contributed by atoms with E-state index in [2.05, 4.69) is 29.4 Å². The van der Waals surface area contributed by atoms with Crippen molar-refractivity contribution in [2.45, 2.75) is 25.1 Å². The fourth-order valence-electron chi connectivity index (χ4n) is 2.35. The maximum Gasteiger partial charge on any atom is 0.277 e. The van der Waals surface area contributed by atoms with Crippen LogP contribution in [0, 0.1) is 5.92 Å². The monoisotopic (exact) mass is 407 g/mol. The standard InChI is InChI=1S/C18H18ClN3O2S2/c1-11(2)16(14-4-3-9-25-14)20-15(23)10-26-18-22-21-17(24-18)12-5-7-13(19)8-6-12/h3-9,11,16H,10H2,1-2H3,(H,20,23). The van der Waals surface area contributed by atoms with Crippen LogP contribution in [0.1, 0.15) is 24.8 Å². The first-order valence-electron chi connectivity index (χ1n) is 8.08. The van der Waals surface area contributed by atoms with Gasteiger partial charge < -0.3 is 9.73 Å². The van der Waals surface area contributed by atoms with Crippen molar-refractivity contribution in [3.63, 3.8) is 0 Å². The van der Waals surface area contributed by atoms with Crippen LogP contribution >= 0.6 is 34.7 Å². The molecule has 0 radical (unpaired) electrons. The summed E-state index contributed by atoms with van der Waals surface area (Å²) in [5.74, 6) is 0.871. The molecule has 2 aromatic heterocycles. The van der Waals surface area contributed by atoms with Crippen LogP contribution in [0.3, 0.4) is 0 Å². The fourth-order valence-corrected chi connectivity index (χ4v) is 4.00. The Labute approximate surface area is 165 Å². The number of carbonyl (C=O) groups is 1. The Bertz CT molecular complexity index is 848. The predicted octanol–water partition coefficient (Wildman–Crippen LogP) is 5.06. The molecular weight excluding hydrogens is 390 g/mol. The normalized spacial score (nSPS) is 12.3. The molecule has 0 bridgehead atoms. The summed E-state index contributed by atoms with van der Waals surface area (Å²) in [6.45, 7) is 4.18. The number of nitrogens with zero attached hydrogens (tertiary/aromatic N) is 2. The van der Waals surface area contributed by atoms with Gasteiger partial charge in [0.15, 0.2) is 0 Å². The van der Waals surface area contributed by atoms with Gasteiger partial charge in [0, 0.05) is 15.5 Å². The van der Waals surface area contributed by atoms with Crippen LogP contribution in [-0.2, 0) is 4.79 Å². The minimum atomic E-state index is -0.0617. The topological polar surface area (TPSA) is 68.0 Å². The maximum atomic E-state index is 12.3. The molecule has 1 atom stereocenters. The van der Waals surface area contributed by atoms with Crippen molar-refractivity contribution in [1.82, 2.24) is 15.5 Å². The highest BCUT2D eigenvalue weighted by Crippen LogP contribution is 2.27. The van der Waals surface area contributed by atoms with Gasteiger partial charge in [0.2, 0.25) is 11.8 Å². The van der Waals surface area contributed by atoms with E-state index in [0.29, 0.717) is 22.1 Å². The summed E-state index contributed by atoms with van der Waals surface area (Å²) < 4.78 is 5.60. The Morgan fingerprint density at radius 2 is 2.04 bits per heavy atom. The third-order valence-corrected chi connectivity index (χ3v) is 5.68. The number of carbonyl (C=O) groups excluding carboxylic acids is 1. The summed E-state index contributed by atoms with van der Waals surface area (Å²) in [6, 6.07) is 11.2. The molecule has 3 aromatic rings. The number of rotatable bonds is 7. The van der Waals surface area contributed by atoms with Crippen molar-refractivity contribution in [3.05, 3.63) is 51.7 Å². The van der Waals surface area contributed by atoms with E-state index in [4.69, 9.17) is 16.0 Å². The molecule has 136 valence electrons. The number of aromatic nitrogens is 2. The summed E-state index contributed by atoms with van der Waals surface area (Å²) in [6.07, 6.45) is 0. The molecular formula is C18H18ClN3O2S2. The molecule has 0 saturated carbocycles. The van der Waals surface area contributed by atoms with Gasteiger partial charge in [0.1, 0.15) is 0 Å². The largest absolute Gasteiger partial charge is 0.411 e. The van der Waals surface area contributed by atoms with Crippen LogP contribution in [0.5, 0.6) is 0 Å². The molecule has 0 aliphatic carbocycles. The van der Waals surface area contributed by atoms with Gasteiger partial charge in [-0.1, -0.05) is 43.3 Å². The molecule has 1 unspecified atom stereocenters. The lowest BCUT2D eigenvalue weighted by Crippen LogP contribution is -2.32. The maximum absolute atomic E-state index is 12.3. The van der Waals surface area contributed by atoms with Gasteiger partial charge in [-0.05, 0) is 41.6 Å². The van der Waals surface area contributed by atoms with Gasteiger partial charge in [-0.3, -0.25) is 4.79 Å². The second-order valence-corrected chi connectivity index (χ2v) is 8.32. The van der Waals surface area contributed by atoms with E-state index in [-0.39, 0.29) is 17.7 Å². The predicted molar refractivity (Wildman–Crippen MR) is 106 cm³/mol. The van der Waals surface area contributed by atoms with Crippen molar-refractivity contribution in [2.75, 3.05) is 5.75 Å². The molecule has 0 aliphatic rings. The number of nitrogens with one attached hydrogen (secondary N) is 1. The third kappa shape index (κ3) is 4.87. The van der Waals surface area contributed by atoms with E-state index in [1.165, 1.54) is 11.8 Å². The summed E-state index contributed by atoms with van der Waals surface area (Å²) in [4.78, 5) is 13.5. The van der Waals surface area contributed by atoms with Gasteiger partial charge in [0.05, 0.1) is 11.8 Å². The number of hydrogen-bond acceptors (Lipinski definition) is 6. The Kier molecular flexibility index (Phi) is 6.34. The molecule has 0 fully saturated rings. The highest BCUT2D eigenvalue weighted by molar-refractivity contribution is 7.99. The van der Waals surface area contributed by atoms with E-state index in [9.17, 15) is 4.79 Å². The number of thiophene rings is 1. The zero-order chi connectivity index (χ0) is 18.5. The van der Waals surface area contributed by atoms with Crippen LogP contribution in [0.2, 0.25) is 5.02 Å². The lowest BCUT2D eigenvalue weighted by Gasteiger charge is -2.21. The molecule has 1 aromatic carbocycles. The van der Waals surface area contributed by atoms with Gasteiger partial charge in [0.25, 0.3) is 5.22 Å². The summed E-state index contributed by atoms with van der Waals surface area (Å²) in [5, 5.41) is 14.1. The quantitative estimate of drug-likeness (QED) is 0.554. The Balaban J connectivity index is 1.57. The number of benzene rings is 1. The zero-order valence-electron chi connectivity index (χ0n) is 14.3. The van der Waals surface area contributed by atoms with E-state index in [1.54, 1.807) is 23.5 Å². The lowest BCUT2D eigenvalue weighted by molar-refractivity contribution is -0.119. The SMILES string of the molecule is CC(C)C(NC(=O)CSc1nnc(-c2ccc(Cl)cc2)o1)c1cccs1. The zero-order valence-corrected chi connectivity index (χ0v) is 16.7. The van der Waals surface area contributed by atoms with Gasteiger partial charge >= 0.3 is 0 Å². The molecule has 3 rings (SSSR count). The van der Waals surface area contributed by atoms with Crippen LogP contribution < -0.4 is 5.32 Å². The molecule has 8 heteroatoms. The van der Waals surface area contributed by atoms with Crippen molar-refractivity contribution in [3.8, 4) is 11.5 Å². The summed E-state index contributed by atoms with van der Waals surface area (Å²) in [7, 11) is 0. The highest BCUT2D eigenvalue weighted by Gasteiger charge is 2.20. The fraction of sp³-hybridized carbons (Fsp3) is 0.278. The molecule has 2 heterocycles. The second-order valence-electron chi connectivity index (χ2n) is 5.97. The van der Waals surface area contributed by atoms with Crippen molar-refractivity contribution in [2.24, 2.45) is 5.92 Å². The molecule has 1 N–H and O–H groups in total. The van der Waals surface area contributed by atoms with Gasteiger partial charge in [-0.2, -0.15) is 0 Å². The third-order valence-electron chi connectivity index (χ3n) is 3.66. The number of halogens is 1. The van der Waals surface area contributed by atoms with Crippen LogP contribution in [0.4, 0.5) is 0 Å². The summed E-state index contributed by atoms with van der Waals surface area (Å²) in [5.41, 5.74) is 0.788. The smallest absolute Gasteiger partial charge is 0.277 e. The highest BCUT2D eigenvalue weighted by atomic mass is 35.5. The van der Waals surface area contributed by atoms with Crippen LogP contribution in [0.15, 0.2) is 51.4 Å². The first kappa shape index (κ1) is 18.9. The summed E-state index contributed by atoms with van der Waals surface area (Å²) >= 11 is 8.74. The number of thioether (sulfide) groups is 1. The average Bonchev–Trinajstić information content (AvgIpc) is 3.30. The Morgan fingerprint density at radius 1 is 1.27 bits per heavy atom. The van der Waals surface area contributed by atoms with Crippen LogP contribution in [0.25, 0.3) is 11.5 Å². The second kappa shape index (κ2) is 8.70. The molecule has 0 saturated heterocycles. The van der Waals surface area contributed by atoms with Crippen molar-refractivity contribution in [1.29, 1.82) is 0 Å². The molecule has 1 amide bonds. The molecule has 0 aliphatic heterocycles. The average molecular weight is 408 g/mol. The minimum absolute atomic E-state index is 0.00964. The first-order valence-corrected chi connectivity index (χ1v) is 10.3. The van der Waals surface area contributed by atoms with Crippen molar-refractivity contribution < 1.29 is 9.21 Å². The van der Waals surface area contributed by atoms with E-state index in [0.717, 1.165) is 10.4 Å². The molecule has 5 nitrogen and oxygen atoms in total. The number of hydrogen-bond donors (Lipinski definition) is 1. The Morgan fingerprint density at radius 3 is 2.69 bits per heavy atom. The van der Waals surface area contributed by atoms with E-state index in [1.807, 2.05) is 29.6 Å². The lowest BCUT2D eigenvalue weighted by atomic mass is 10.0. The molecule has 26 heavy (non-hydrogen) atoms. The van der Waals surface area contributed by atoms with Gasteiger partial charge in [-0.15, -0.1) is 21.5 Å². The minimum Gasteiger partial charge on any atom is -0.411 e. The van der Waals surface area contributed by atoms with Crippen molar-refractivity contribution >= 4 is 40.6 Å². The first-order chi connectivity index (χ1) is 12.5. The van der Waals surface area contributed by atoms with Gasteiger partial charge in [-0.25, -0.2) is 0 Å². The Hall–Kier alpha value is -1.83. The van der Waals surface area contributed by atoms with E-state index >= 15 is 0 Å². The van der Waals surface area contributed by atoms with Crippen LogP contribution in [-0.4, -0.2) is 21.9 Å². The molecule has 0 spiro atoms. The van der Waals surface area contributed by atoms with E-state index < -0.39 is 0 Å². The number of amides is 1.